The van der Waals surface area contributed by atoms with Crippen LogP contribution in [0.25, 0.3) is 10.4 Å². The van der Waals surface area contributed by atoms with Crippen molar-refractivity contribution in [3.05, 3.63) is 59.0 Å². The Morgan fingerprint density at radius 3 is 2.69 bits per heavy atom. The van der Waals surface area contributed by atoms with Crippen molar-refractivity contribution in [3.8, 4) is 16.2 Å². The van der Waals surface area contributed by atoms with Crippen LogP contribution in [-0.2, 0) is 19.1 Å². The highest BCUT2D eigenvalue weighted by Crippen LogP contribution is 2.35. The van der Waals surface area contributed by atoms with Crippen molar-refractivity contribution in [3.63, 3.8) is 0 Å². The molecule has 0 fully saturated rings. The zero-order valence-corrected chi connectivity index (χ0v) is 18.4. The van der Waals surface area contributed by atoms with Crippen molar-refractivity contribution in [2.75, 3.05) is 26.0 Å². The van der Waals surface area contributed by atoms with Crippen LogP contribution in [0.1, 0.15) is 33.6 Å². The highest BCUT2D eigenvalue weighted by Gasteiger charge is 2.36. The SMILES string of the molecule is CNCc1cc(-c2cnc(NCCCc3cnc(C(F)(F)F)c(OC)c3)s2)ccc1C=O. The molecular formula is C22H23F3N4O2S. The first kappa shape index (κ1) is 23.7. The summed E-state index contributed by atoms with van der Waals surface area (Å²) in [7, 11) is 3.03. The maximum absolute atomic E-state index is 12.9. The first-order chi connectivity index (χ1) is 15.4. The van der Waals surface area contributed by atoms with Crippen LogP contribution in [0.5, 0.6) is 5.75 Å². The van der Waals surface area contributed by atoms with Gasteiger partial charge in [-0.25, -0.2) is 9.97 Å². The number of aromatic nitrogens is 2. The fourth-order valence-corrected chi connectivity index (χ4v) is 4.02. The number of thiazole rings is 1. The van der Waals surface area contributed by atoms with E-state index in [9.17, 15) is 18.0 Å². The van der Waals surface area contributed by atoms with Crippen molar-refractivity contribution in [1.82, 2.24) is 15.3 Å². The summed E-state index contributed by atoms with van der Waals surface area (Å²) >= 11 is 1.49. The maximum atomic E-state index is 12.9. The van der Waals surface area contributed by atoms with Gasteiger partial charge in [0.25, 0.3) is 0 Å². The Morgan fingerprint density at radius 2 is 2.00 bits per heavy atom. The minimum Gasteiger partial charge on any atom is -0.494 e. The summed E-state index contributed by atoms with van der Waals surface area (Å²) in [5.74, 6) is -0.272. The number of methoxy groups -OCH3 is 1. The number of hydrogen-bond donors (Lipinski definition) is 2. The Bertz CT molecular complexity index is 1070. The van der Waals surface area contributed by atoms with Crippen LogP contribution in [0.3, 0.4) is 0 Å². The summed E-state index contributed by atoms with van der Waals surface area (Å²) < 4.78 is 43.6. The number of halogens is 3. The van der Waals surface area contributed by atoms with Gasteiger partial charge in [-0.15, -0.1) is 0 Å². The number of carbonyl (C=O) groups is 1. The Kier molecular flexibility index (Phi) is 7.81. The molecule has 2 aromatic heterocycles. The third-order valence-electron chi connectivity index (χ3n) is 4.74. The molecule has 10 heteroatoms. The van der Waals surface area contributed by atoms with Crippen LogP contribution in [0, 0.1) is 0 Å². The third-order valence-corrected chi connectivity index (χ3v) is 5.75. The molecule has 3 aromatic rings. The largest absolute Gasteiger partial charge is 0.494 e. The lowest BCUT2D eigenvalue weighted by atomic mass is 10.0. The summed E-state index contributed by atoms with van der Waals surface area (Å²) in [5.41, 5.74) is 2.21. The van der Waals surface area contributed by atoms with Gasteiger partial charge in [0.2, 0.25) is 0 Å². The number of alkyl halides is 3. The van der Waals surface area contributed by atoms with Crippen molar-refractivity contribution < 1.29 is 22.7 Å². The molecule has 0 atom stereocenters. The van der Waals surface area contributed by atoms with Crippen molar-refractivity contribution in [1.29, 1.82) is 0 Å². The van der Waals surface area contributed by atoms with Crippen LogP contribution >= 0.6 is 11.3 Å². The number of carbonyl (C=O) groups excluding carboxylic acids is 1. The smallest absolute Gasteiger partial charge is 0.437 e. The molecule has 170 valence electrons. The van der Waals surface area contributed by atoms with Crippen LogP contribution in [0.4, 0.5) is 18.3 Å². The molecule has 1 aromatic carbocycles. The average molecular weight is 465 g/mol. The molecule has 0 aliphatic carbocycles. The van der Waals surface area contributed by atoms with E-state index in [0.29, 0.717) is 37.1 Å². The summed E-state index contributed by atoms with van der Waals surface area (Å²) in [6.07, 6.45) is 0.543. The number of anilines is 1. The minimum atomic E-state index is -4.55. The lowest BCUT2D eigenvalue weighted by Crippen LogP contribution is -2.11. The number of aryl methyl sites for hydroxylation is 1. The van der Waals surface area contributed by atoms with Crippen molar-refractivity contribution >= 4 is 22.8 Å². The van der Waals surface area contributed by atoms with Crippen molar-refractivity contribution in [2.24, 2.45) is 0 Å². The molecule has 0 amide bonds. The van der Waals surface area contributed by atoms with Gasteiger partial charge in [0.1, 0.15) is 12.0 Å². The average Bonchev–Trinajstić information content (AvgIpc) is 3.25. The Balaban J connectivity index is 1.57. The fourth-order valence-electron chi connectivity index (χ4n) is 3.18. The second-order valence-electron chi connectivity index (χ2n) is 7.01. The molecule has 0 spiro atoms. The summed E-state index contributed by atoms with van der Waals surface area (Å²) in [6, 6.07) is 7.05. The molecule has 2 heterocycles. The Hall–Kier alpha value is -2.98. The quantitative estimate of drug-likeness (QED) is 0.331. The molecule has 0 saturated heterocycles. The highest BCUT2D eigenvalue weighted by atomic mass is 32.1. The number of hydrogen-bond acceptors (Lipinski definition) is 7. The monoisotopic (exact) mass is 464 g/mol. The van der Waals surface area contributed by atoms with Gasteiger partial charge in [-0.2, -0.15) is 13.2 Å². The Morgan fingerprint density at radius 1 is 1.19 bits per heavy atom. The van der Waals surface area contributed by atoms with E-state index in [0.717, 1.165) is 27.4 Å². The fraction of sp³-hybridized carbons (Fsp3) is 0.318. The highest BCUT2D eigenvalue weighted by molar-refractivity contribution is 7.18. The molecule has 0 radical (unpaired) electrons. The van der Waals surface area contributed by atoms with E-state index in [-0.39, 0.29) is 5.75 Å². The first-order valence-corrected chi connectivity index (χ1v) is 10.7. The molecule has 0 bridgehead atoms. The number of aldehydes is 1. The van der Waals surface area contributed by atoms with Crippen LogP contribution in [0.15, 0.2) is 36.7 Å². The third kappa shape index (κ3) is 5.83. The Labute approximate surface area is 187 Å². The second kappa shape index (κ2) is 10.6. The standard InChI is InChI=1S/C22H23F3N4O2S/c1-26-11-17-9-15(5-6-16(17)13-30)19-12-29-21(32-19)27-7-3-4-14-8-18(31-2)20(28-10-14)22(23,24)25/h5-6,8-10,12-13,26H,3-4,7,11H2,1-2H3,(H,27,29). The van der Waals surface area contributed by atoms with Crippen LogP contribution < -0.4 is 15.4 Å². The van der Waals surface area contributed by atoms with Gasteiger partial charge in [-0.1, -0.05) is 23.5 Å². The van der Waals surface area contributed by atoms with Gasteiger partial charge in [-0.3, -0.25) is 4.79 Å². The number of pyridine rings is 1. The molecule has 3 rings (SSSR count). The number of nitrogens with zero attached hydrogens (tertiary/aromatic N) is 2. The van der Waals surface area contributed by atoms with Crippen LogP contribution in [0.2, 0.25) is 0 Å². The number of ether oxygens (including phenoxy) is 1. The predicted molar refractivity (Wildman–Crippen MR) is 118 cm³/mol. The van der Waals surface area contributed by atoms with Gasteiger partial charge in [-0.05, 0) is 48.7 Å². The number of benzene rings is 1. The zero-order chi connectivity index (χ0) is 23.1. The van der Waals surface area contributed by atoms with Gasteiger partial charge >= 0.3 is 6.18 Å². The van der Waals surface area contributed by atoms with E-state index < -0.39 is 11.9 Å². The van der Waals surface area contributed by atoms with E-state index in [1.165, 1.54) is 30.7 Å². The number of nitrogens with one attached hydrogen (secondary N) is 2. The molecule has 2 N–H and O–H groups in total. The second-order valence-corrected chi connectivity index (χ2v) is 8.04. The lowest BCUT2D eigenvalue weighted by Gasteiger charge is -2.12. The van der Waals surface area contributed by atoms with E-state index in [2.05, 4.69) is 20.6 Å². The molecule has 0 saturated carbocycles. The molecule has 32 heavy (non-hydrogen) atoms. The van der Waals surface area contributed by atoms with Crippen LogP contribution in [-0.4, -0.2) is 37.0 Å². The van der Waals surface area contributed by atoms with Crippen molar-refractivity contribution in [2.45, 2.75) is 25.6 Å². The first-order valence-electron chi connectivity index (χ1n) is 9.88. The molecule has 0 aliphatic heterocycles. The van der Waals surface area contributed by atoms with Gasteiger partial charge in [0.05, 0.1) is 12.0 Å². The molecule has 0 unspecified atom stereocenters. The summed E-state index contributed by atoms with van der Waals surface area (Å²) in [6.45, 7) is 1.20. The van der Waals surface area contributed by atoms with E-state index in [1.807, 2.05) is 19.2 Å². The molecular weight excluding hydrogens is 441 g/mol. The van der Waals surface area contributed by atoms with E-state index >= 15 is 0 Å². The normalized spacial score (nSPS) is 11.4. The maximum Gasteiger partial charge on any atom is 0.437 e. The van der Waals surface area contributed by atoms with Gasteiger partial charge < -0.3 is 15.4 Å². The summed E-state index contributed by atoms with van der Waals surface area (Å²) in [5, 5.41) is 7.04. The zero-order valence-electron chi connectivity index (χ0n) is 17.6. The number of rotatable bonds is 10. The molecule has 0 aliphatic rings. The van der Waals surface area contributed by atoms with E-state index in [1.54, 1.807) is 12.3 Å². The molecule has 6 nitrogen and oxygen atoms in total. The van der Waals surface area contributed by atoms with Gasteiger partial charge in [0, 0.05) is 31.0 Å². The predicted octanol–water partition coefficient (Wildman–Crippen LogP) is 4.81. The minimum absolute atomic E-state index is 0.272. The topological polar surface area (TPSA) is 76.1 Å². The van der Waals surface area contributed by atoms with E-state index in [4.69, 9.17) is 4.74 Å². The summed E-state index contributed by atoms with van der Waals surface area (Å²) in [4.78, 5) is 20.1. The van der Waals surface area contributed by atoms with Gasteiger partial charge in [0.15, 0.2) is 10.8 Å². The lowest BCUT2D eigenvalue weighted by molar-refractivity contribution is -0.142.